The molecule has 0 aliphatic heterocycles. The van der Waals surface area contributed by atoms with Gasteiger partial charge in [0.2, 0.25) is 15.9 Å². The number of nitrogens with one attached hydrogen (secondary N) is 1. The van der Waals surface area contributed by atoms with E-state index in [4.69, 9.17) is 0 Å². The quantitative estimate of drug-likeness (QED) is 0.918. The largest absolute Gasteiger partial charge is 0.274 e. The van der Waals surface area contributed by atoms with Gasteiger partial charge in [0.05, 0.1) is 6.26 Å². The fourth-order valence-electron chi connectivity index (χ4n) is 2.24. The Balaban J connectivity index is 2.01. The molecule has 2 atom stereocenters. The average Bonchev–Trinajstić information content (AvgIpc) is 3.06. The molecule has 1 fully saturated rings. The second-order valence-corrected chi connectivity index (χ2v) is 7.26. The number of carbonyl (C=O) groups is 1. The van der Waals surface area contributed by atoms with Gasteiger partial charge in [-0.05, 0) is 29.4 Å². The molecule has 1 aliphatic rings. The average molecular weight is 281 g/mol. The van der Waals surface area contributed by atoms with E-state index >= 15 is 0 Å². The summed E-state index contributed by atoms with van der Waals surface area (Å²) < 4.78 is 24.1. The lowest BCUT2D eigenvalue weighted by Crippen LogP contribution is -2.30. The topological polar surface area (TPSA) is 63.2 Å². The van der Waals surface area contributed by atoms with Crippen LogP contribution in [0, 0.1) is 5.92 Å². The van der Waals surface area contributed by atoms with E-state index in [1.165, 1.54) is 5.56 Å². The molecule has 1 saturated carbocycles. The van der Waals surface area contributed by atoms with Crippen molar-refractivity contribution >= 4 is 15.9 Å². The number of rotatable bonds is 4. The number of carbonyl (C=O) groups excluding carboxylic acids is 1. The first kappa shape index (κ1) is 14.1. The van der Waals surface area contributed by atoms with Crippen LogP contribution in [0.2, 0.25) is 0 Å². The molecular formula is C14H19NO3S. The van der Waals surface area contributed by atoms with E-state index in [9.17, 15) is 13.2 Å². The maximum atomic E-state index is 11.7. The molecule has 0 aromatic heterocycles. The Morgan fingerprint density at radius 2 is 1.84 bits per heavy atom. The molecule has 1 amide bonds. The lowest BCUT2D eigenvalue weighted by Gasteiger charge is -2.07. The van der Waals surface area contributed by atoms with E-state index in [0.29, 0.717) is 5.92 Å². The molecule has 0 unspecified atom stereocenters. The molecule has 0 saturated heterocycles. The Kier molecular flexibility index (Phi) is 3.67. The summed E-state index contributed by atoms with van der Waals surface area (Å²) in [5, 5.41) is 0. The molecule has 0 heterocycles. The molecular weight excluding hydrogens is 262 g/mol. The molecule has 1 aliphatic carbocycles. The summed E-state index contributed by atoms with van der Waals surface area (Å²) in [5.74, 6) is 0.0422. The number of benzene rings is 1. The minimum atomic E-state index is -3.45. The van der Waals surface area contributed by atoms with Crippen LogP contribution < -0.4 is 4.72 Å². The third-order valence-corrected chi connectivity index (χ3v) is 4.02. The lowest BCUT2D eigenvalue weighted by molar-refractivity contribution is -0.120. The highest BCUT2D eigenvalue weighted by atomic mass is 32.2. The summed E-state index contributed by atoms with van der Waals surface area (Å²) in [4.78, 5) is 11.7. The van der Waals surface area contributed by atoms with Gasteiger partial charge in [-0.15, -0.1) is 0 Å². The van der Waals surface area contributed by atoms with Crippen LogP contribution in [0.15, 0.2) is 24.3 Å². The second-order valence-electron chi connectivity index (χ2n) is 5.51. The van der Waals surface area contributed by atoms with E-state index in [0.717, 1.165) is 18.2 Å². The van der Waals surface area contributed by atoms with Crippen molar-refractivity contribution < 1.29 is 13.2 Å². The van der Waals surface area contributed by atoms with Crippen LogP contribution in [0.3, 0.4) is 0 Å². The van der Waals surface area contributed by atoms with Crippen LogP contribution in [0.1, 0.15) is 43.2 Å². The van der Waals surface area contributed by atoms with Crippen LogP contribution in [0.25, 0.3) is 0 Å². The third-order valence-electron chi connectivity index (χ3n) is 3.44. The number of hydrogen-bond acceptors (Lipinski definition) is 3. The van der Waals surface area contributed by atoms with Crippen molar-refractivity contribution in [1.82, 2.24) is 4.72 Å². The number of hydrogen-bond donors (Lipinski definition) is 1. The zero-order valence-corrected chi connectivity index (χ0v) is 12.2. The van der Waals surface area contributed by atoms with Gasteiger partial charge in [0.15, 0.2) is 0 Å². The smallest absolute Gasteiger partial charge is 0.237 e. The van der Waals surface area contributed by atoms with Gasteiger partial charge in [0.1, 0.15) is 0 Å². The standard InChI is InChI=1S/C14H19NO3S/c1-9(2)10-4-6-11(7-5-10)12-8-13(12)14(16)15-19(3,17)18/h4-7,9,12-13H,8H2,1-3H3,(H,15,16)/t12-,13-/m1/s1. The van der Waals surface area contributed by atoms with Crippen molar-refractivity contribution in [3.8, 4) is 0 Å². The molecule has 1 aromatic rings. The van der Waals surface area contributed by atoms with E-state index in [1.807, 2.05) is 16.9 Å². The van der Waals surface area contributed by atoms with Crippen LogP contribution in [-0.2, 0) is 14.8 Å². The fraction of sp³-hybridized carbons (Fsp3) is 0.500. The highest BCUT2D eigenvalue weighted by Gasteiger charge is 2.44. The van der Waals surface area contributed by atoms with Gasteiger partial charge >= 0.3 is 0 Å². The first-order chi connectivity index (χ1) is 8.78. The maximum absolute atomic E-state index is 11.7. The van der Waals surface area contributed by atoms with E-state index in [2.05, 4.69) is 26.0 Å². The molecule has 2 rings (SSSR count). The molecule has 1 aromatic carbocycles. The van der Waals surface area contributed by atoms with E-state index in [-0.39, 0.29) is 17.7 Å². The molecule has 5 heteroatoms. The zero-order valence-electron chi connectivity index (χ0n) is 11.4. The monoisotopic (exact) mass is 281 g/mol. The first-order valence-electron chi connectivity index (χ1n) is 6.39. The summed E-state index contributed by atoms with van der Waals surface area (Å²) >= 11 is 0. The molecule has 4 nitrogen and oxygen atoms in total. The van der Waals surface area contributed by atoms with E-state index < -0.39 is 10.0 Å². The Morgan fingerprint density at radius 3 is 2.32 bits per heavy atom. The summed E-state index contributed by atoms with van der Waals surface area (Å²) in [6.45, 7) is 4.27. The SMILES string of the molecule is CC(C)c1ccc([C@H]2C[C@H]2C(=O)NS(C)(=O)=O)cc1. The highest BCUT2D eigenvalue weighted by Crippen LogP contribution is 2.47. The Labute approximate surface area is 114 Å². The number of sulfonamides is 1. The van der Waals surface area contributed by atoms with Gasteiger partial charge < -0.3 is 0 Å². The van der Waals surface area contributed by atoms with Crippen molar-refractivity contribution in [2.45, 2.75) is 32.1 Å². The van der Waals surface area contributed by atoms with Crippen molar-refractivity contribution in [3.63, 3.8) is 0 Å². The van der Waals surface area contributed by atoms with Crippen molar-refractivity contribution in [2.24, 2.45) is 5.92 Å². The van der Waals surface area contributed by atoms with Crippen molar-refractivity contribution in [1.29, 1.82) is 0 Å². The lowest BCUT2D eigenvalue weighted by atomic mass is 10.00. The molecule has 0 bridgehead atoms. The summed E-state index contributed by atoms with van der Waals surface area (Å²) in [6.07, 6.45) is 1.72. The molecule has 19 heavy (non-hydrogen) atoms. The van der Waals surface area contributed by atoms with Gasteiger partial charge in [0.25, 0.3) is 0 Å². The molecule has 0 radical (unpaired) electrons. The van der Waals surface area contributed by atoms with Gasteiger partial charge in [-0.1, -0.05) is 38.1 Å². The molecule has 0 spiro atoms. The fourth-order valence-corrected chi connectivity index (χ4v) is 2.76. The third kappa shape index (κ3) is 3.56. The first-order valence-corrected chi connectivity index (χ1v) is 8.28. The normalized spacial score (nSPS) is 22.3. The molecule has 1 N–H and O–H groups in total. The Morgan fingerprint density at radius 1 is 1.26 bits per heavy atom. The maximum Gasteiger partial charge on any atom is 0.237 e. The molecule has 104 valence electrons. The van der Waals surface area contributed by atoms with Gasteiger partial charge in [-0.2, -0.15) is 0 Å². The van der Waals surface area contributed by atoms with Crippen LogP contribution >= 0.6 is 0 Å². The highest BCUT2D eigenvalue weighted by molar-refractivity contribution is 7.89. The summed E-state index contributed by atoms with van der Waals surface area (Å²) in [5.41, 5.74) is 2.37. The Bertz CT molecular complexity index is 575. The van der Waals surface area contributed by atoms with Crippen molar-refractivity contribution in [2.75, 3.05) is 6.26 Å². The van der Waals surface area contributed by atoms with E-state index in [1.54, 1.807) is 0 Å². The Hall–Kier alpha value is -1.36. The predicted octanol–water partition coefficient (Wildman–Crippen LogP) is 1.99. The summed E-state index contributed by atoms with van der Waals surface area (Å²) in [7, 11) is -3.45. The predicted molar refractivity (Wildman–Crippen MR) is 74.4 cm³/mol. The van der Waals surface area contributed by atoms with Gasteiger partial charge in [-0.3, -0.25) is 9.52 Å². The van der Waals surface area contributed by atoms with Gasteiger partial charge in [-0.25, -0.2) is 8.42 Å². The van der Waals surface area contributed by atoms with Crippen LogP contribution in [0.4, 0.5) is 0 Å². The van der Waals surface area contributed by atoms with Crippen LogP contribution in [-0.4, -0.2) is 20.6 Å². The van der Waals surface area contributed by atoms with Crippen molar-refractivity contribution in [3.05, 3.63) is 35.4 Å². The second kappa shape index (κ2) is 4.96. The zero-order chi connectivity index (χ0) is 14.2. The minimum absolute atomic E-state index is 0.156. The minimum Gasteiger partial charge on any atom is -0.274 e. The van der Waals surface area contributed by atoms with Crippen LogP contribution in [0.5, 0.6) is 0 Å². The van der Waals surface area contributed by atoms with Gasteiger partial charge in [0, 0.05) is 5.92 Å². The summed E-state index contributed by atoms with van der Waals surface area (Å²) in [6, 6.07) is 8.22. The number of amides is 1.